The summed E-state index contributed by atoms with van der Waals surface area (Å²) in [6.45, 7) is 1.86. The molecule has 4 nitrogen and oxygen atoms in total. The van der Waals surface area contributed by atoms with E-state index in [1.807, 2.05) is 0 Å². The molecule has 0 aliphatic carbocycles. The van der Waals surface area contributed by atoms with Gasteiger partial charge in [-0.3, -0.25) is 0 Å². The van der Waals surface area contributed by atoms with Crippen LogP contribution in [0, 0.1) is 0 Å². The highest BCUT2D eigenvalue weighted by atomic mass is 35.5. The normalized spacial score (nSPS) is 10.1. The molecule has 0 aromatic carbocycles. The van der Waals surface area contributed by atoms with Crippen molar-refractivity contribution in [2.75, 3.05) is 12.3 Å². The SMILES string of the molecule is CCOC(=O)c1nc(Cl)c(N)c(Cl)c1Cl. The molecule has 1 aromatic rings. The molecule has 0 fully saturated rings. The lowest BCUT2D eigenvalue weighted by atomic mass is 10.3. The Hall–Kier alpha value is -0.710. The number of halogens is 3. The van der Waals surface area contributed by atoms with Gasteiger partial charge < -0.3 is 10.5 Å². The second-order valence-electron chi connectivity index (χ2n) is 2.51. The zero-order chi connectivity index (χ0) is 11.6. The van der Waals surface area contributed by atoms with Crippen molar-refractivity contribution in [3.63, 3.8) is 0 Å². The lowest BCUT2D eigenvalue weighted by Gasteiger charge is -2.07. The van der Waals surface area contributed by atoms with Crippen molar-refractivity contribution in [2.45, 2.75) is 6.92 Å². The van der Waals surface area contributed by atoms with Gasteiger partial charge in [0.2, 0.25) is 0 Å². The molecule has 0 spiro atoms. The summed E-state index contributed by atoms with van der Waals surface area (Å²) in [5.41, 5.74) is 5.36. The van der Waals surface area contributed by atoms with Crippen LogP contribution in [0.2, 0.25) is 15.2 Å². The molecule has 0 aliphatic heterocycles. The molecule has 0 aliphatic rings. The van der Waals surface area contributed by atoms with E-state index in [0.717, 1.165) is 0 Å². The summed E-state index contributed by atoms with van der Waals surface area (Å²) >= 11 is 17.2. The largest absolute Gasteiger partial charge is 0.461 e. The predicted octanol–water partition coefficient (Wildman–Crippen LogP) is 2.80. The molecule has 0 radical (unpaired) electrons. The summed E-state index contributed by atoms with van der Waals surface area (Å²) in [6.07, 6.45) is 0. The Morgan fingerprint density at radius 2 is 2.00 bits per heavy atom. The topological polar surface area (TPSA) is 65.2 Å². The van der Waals surface area contributed by atoms with Crippen molar-refractivity contribution in [3.8, 4) is 0 Å². The molecule has 2 N–H and O–H groups in total. The van der Waals surface area contributed by atoms with Gasteiger partial charge in [-0.15, -0.1) is 0 Å². The van der Waals surface area contributed by atoms with Crippen LogP contribution < -0.4 is 5.73 Å². The highest BCUT2D eigenvalue weighted by molar-refractivity contribution is 6.46. The number of nitrogens with zero attached hydrogens (tertiary/aromatic N) is 1. The van der Waals surface area contributed by atoms with Crippen molar-refractivity contribution in [1.82, 2.24) is 4.98 Å². The highest BCUT2D eigenvalue weighted by Crippen LogP contribution is 2.34. The fourth-order valence-corrected chi connectivity index (χ4v) is 1.48. The maximum absolute atomic E-state index is 11.4. The molecule has 0 saturated carbocycles. The Morgan fingerprint density at radius 3 is 2.53 bits per heavy atom. The van der Waals surface area contributed by atoms with Crippen molar-refractivity contribution in [2.24, 2.45) is 0 Å². The standard InChI is InChI=1S/C8H7Cl3N2O2/c1-2-15-8(14)6-4(10)3(9)5(12)7(11)13-6/h2,12H2,1H3. The van der Waals surface area contributed by atoms with Gasteiger partial charge in [0.05, 0.1) is 22.3 Å². The number of nitrogens with two attached hydrogens (primary N) is 1. The molecular formula is C8H7Cl3N2O2. The van der Waals surface area contributed by atoms with Crippen molar-refractivity contribution in [1.29, 1.82) is 0 Å². The molecular weight excluding hydrogens is 262 g/mol. The molecule has 1 aromatic heterocycles. The van der Waals surface area contributed by atoms with Crippen molar-refractivity contribution < 1.29 is 9.53 Å². The highest BCUT2D eigenvalue weighted by Gasteiger charge is 2.20. The molecule has 15 heavy (non-hydrogen) atoms. The van der Waals surface area contributed by atoms with Gasteiger partial charge in [0.1, 0.15) is 0 Å². The summed E-state index contributed by atoms with van der Waals surface area (Å²) in [6, 6.07) is 0. The van der Waals surface area contributed by atoms with E-state index < -0.39 is 5.97 Å². The quantitative estimate of drug-likeness (QED) is 0.662. The first-order valence-electron chi connectivity index (χ1n) is 3.96. The maximum atomic E-state index is 11.4. The number of aromatic nitrogens is 1. The third-order valence-electron chi connectivity index (χ3n) is 1.54. The number of nitrogen functional groups attached to an aromatic ring is 1. The molecule has 0 amide bonds. The Balaban J connectivity index is 3.26. The van der Waals surface area contributed by atoms with Gasteiger partial charge in [-0.05, 0) is 6.92 Å². The lowest BCUT2D eigenvalue weighted by Crippen LogP contribution is -2.09. The van der Waals surface area contributed by atoms with Crippen LogP contribution >= 0.6 is 34.8 Å². The van der Waals surface area contributed by atoms with Gasteiger partial charge in [-0.1, -0.05) is 34.8 Å². The zero-order valence-corrected chi connectivity index (χ0v) is 9.95. The Morgan fingerprint density at radius 1 is 1.40 bits per heavy atom. The summed E-state index contributed by atoms with van der Waals surface area (Å²) in [5, 5.41) is -0.135. The monoisotopic (exact) mass is 268 g/mol. The van der Waals surface area contributed by atoms with Gasteiger partial charge in [-0.25, -0.2) is 9.78 Å². The van der Waals surface area contributed by atoms with Crippen LogP contribution in [0.15, 0.2) is 0 Å². The van der Waals surface area contributed by atoms with Crippen molar-refractivity contribution in [3.05, 3.63) is 20.9 Å². The van der Waals surface area contributed by atoms with Crippen LogP contribution in [0.1, 0.15) is 17.4 Å². The number of esters is 1. The van der Waals surface area contributed by atoms with Gasteiger partial charge in [0, 0.05) is 0 Å². The minimum absolute atomic E-state index is 0.000260. The third-order valence-corrected chi connectivity index (χ3v) is 2.68. The van der Waals surface area contributed by atoms with Gasteiger partial charge in [-0.2, -0.15) is 0 Å². The second-order valence-corrected chi connectivity index (χ2v) is 3.63. The number of carbonyl (C=O) groups excluding carboxylic acids is 1. The first-order valence-corrected chi connectivity index (χ1v) is 5.09. The van der Waals surface area contributed by atoms with Crippen LogP contribution in [-0.2, 0) is 4.74 Å². The van der Waals surface area contributed by atoms with E-state index in [4.69, 9.17) is 45.3 Å². The average molecular weight is 270 g/mol. The molecule has 82 valence electrons. The predicted molar refractivity (Wildman–Crippen MR) is 59.6 cm³/mol. The number of carbonyl (C=O) groups is 1. The minimum atomic E-state index is -0.689. The van der Waals surface area contributed by atoms with Crippen LogP contribution in [0.25, 0.3) is 0 Å². The first-order chi connectivity index (χ1) is 6.99. The maximum Gasteiger partial charge on any atom is 0.358 e. The number of hydrogen-bond donors (Lipinski definition) is 1. The minimum Gasteiger partial charge on any atom is -0.461 e. The van der Waals surface area contributed by atoms with Gasteiger partial charge in [0.15, 0.2) is 10.8 Å². The average Bonchev–Trinajstić information content (AvgIpc) is 2.20. The van der Waals surface area contributed by atoms with Crippen LogP contribution in [0.4, 0.5) is 5.69 Å². The number of pyridine rings is 1. The molecule has 1 rings (SSSR count). The Bertz CT molecular complexity index is 409. The lowest BCUT2D eigenvalue weighted by molar-refractivity contribution is 0.0520. The van der Waals surface area contributed by atoms with Crippen LogP contribution in [0.5, 0.6) is 0 Å². The fourth-order valence-electron chi connectivity index (χ4n) is 0.855. The van der Waals surface area contributed by atoms with E-state index in [1.165, 1.54) is 0 Å². The van der Waals surface area contributed by atoms with E-state index >= 15 is 0 Å². The fraction of sp³-hybridized carbons (Fsp3) is 0.250. The number of anilines is 1. The number of ether oxygens (including phenoxy) is 1. The molecule has 0 unspecified atom stereocenters. The Kier molecular flexibility index (Phi) is 4.02. The zero-order valence-electron chi connectivity index (χ0n) is 7.68. The third kappa shape index (κ3) is 2.45. The van der Waals surface area contributed by atoms with Crippen LogP contribution in [-0.4, -0.2) is 17.6 Å². The molecule has 0 saturated heterocycles. The smallest absolute Gasteiger partial charge is 0.358 e. The Labute approximate surface area is 101 Å². The van der Waals surface area contributed by atoms with Crippen LogP contribution in [0.3, 0.4) is 0 Å². The number of hydrogen-bond acceptors (Lipinski definition) is 4. The van der Waals surface area contributed by atoms with E-state index in [0.29, 0.717) is 0 Å². The first kappa shape index (κ1) is 12.4. The van der Waals surface area contributed by atoms with E-state index in [1.54, 1.807) is 6.92 Å². The van der Waals surface area contributed by atoms with E-state index in [2.05, 4.69) is 4.98 Å². The summed E-state index contributed by atoms with van der Waals surface area (Å²) < 4.78 is 4.71. The van der Waals surface area contributed by atoms with E-state index in [-0.39, 0.29) is 33.2 Å². The summed E-state index contributed by atoms with van der Waals surface area (Å²) in [4.78, 5) is 15.1. The number of rotatable bonds is 2. The molecule has 0 atom stereocenters. The van der Waals surface area contributed by atoms with Crippen molar-refractivity contribution >= 4 is 46.5 Å². The summed E-state index contributed by atoms with van der Waals surface area (Å²) in [5.74, 6) is -0.689. The van der Waals surface area contributed by atoms with Gasteiger partial charge >= 0.3 is 5.97 Å². The molecule has 1 heterocycles. The second kappa shape index (κ2) is 4.88. The van der Waals surface area contributed by atoms with E-state index in [9.17, 15) is 4.79 Å². The summed E-state index contributed by atoms with van der Waals surface area (Å²) in [7, 11) is 0. The molecule has 0 bridgehead atoms. The molecule has 7 heteroatoms. The van der Waals surface area contributed by atoms with Gasteiger partial charge in [0.25, 0.3) is 0 Å².